The minimum absolute atomic E-state index is 0.0600. The highest BCUT2D eigenvalue weighted by molar-refractivity contribution is 5.78. The first-order valence-electron chi connectivity index (χ1n) is 8.63. The summed E-state index contributed by atoms with van der Waals surface area (Å²) >= 11 is 0. The van der Waals surface area contributed by atoms with Crippen LogP contribution in [0.15, 0.2) is 24.3 Å². The van der Waals surface area contributed by atoms with Crippen molar-refractivity contribution in [3.8, 4) is 5.75 Å². The van der Waals surface area contributed by atoms with E-state index in [9.17, 15) is 14.0 Å². The molecular weight excluding hydrogens is 327 g/mol. The Hall–Kier alpha value is -2.15. The summed E-state index contributed by atoms with van der Waals surface area (Å²) in [5.74, 6) is -0.299. The number of amides is 1. The zero-order chi connectivity index (χ0) is 17.8. The minimum Gasteiger partial charge on any atom is -0.484 e. The van der Waals surface area contributed by atoms with Gasteiger partial charge in [-0.3, -0.25) is 14.5 Å². The quantitative estimate of drug-likeness (QED) is 0.708. The zero-order valence-corrected chi connectivity index (χ0v) is 14.0. The van der Waals surface area contributed by atoms with Gasteiger partial charge in [0.05, 0.1) is 6.54 Å². The van der Waals surface area contributed by atoms with Crippen LogP contribution in [0.2, 0.25) is 0 Å². The van der Waals surface area contributed by atoms with Crippen molar-refractivity contribution in [2.75, 3.05) is 19.7 Å². The van der Waals surface area contributed by atoms with Gasteiger partial charge in [0.1, 0.15) is 11.6 Å². The SMILES string of the molecule is O=C(O)CN(CC1CC1)C1CC(NC(=O)COc2ccc(F)cc2)C1. The summed E-state index contributed by atoms with van der Waals surface area (Å²) in [4.78, 5) is 24.9. The third-order valence-corrected chi connectivity index (χ3v) is 4.71. The largest absolute Gasteiger partial charge is 0.484 e. The van der Waals surface area contributed by atoms with Crippen LogP contribution in [-0.4, -0.2) is 53.7 Å². The van der Waals surface area contributed by atoms with E-state index < -0.39 is 5.97 Å². The number of halogens is 1. The molecule has 2 fully saturated rings. The van der Waals surface area contributed by atoms with Crippen LogP contribution in [0.4, 0.5) is 4.39 Å². The lowest BCUT2D eigenvalue weighted by atomic mass is 9.85. The van der Waals surface area contributed by atoms with Gasteiger partial charge in [0.15, 0.2) is 6.61 Å². The lowest BCUT2D eigenvalue weighted by molar-refractivity contribution is -0.140. The molecule has 0 aromatic heterocycles. The number of carbonyl (C=O) groups is 2. The van der Waals surface area contributed by atoms with E-state index in [2.05, 4.69) is 5.32 Å². The number of rotatable bonds is 9. The van der Waals surface area contributed by atoms with E-state index in [-0.39, 0.29) is 37.0 Å². The van der Waals surface area contributed by atoms with E-state index in [1.54, 1.807) is 0 Å². The zero-order valence-electron chi connectivity index (χ0n) is 14.0. The van der Waals surface area contributed by atoms with Crippen LogP contribution in [0.25, 0.3) is 0 Å². The number of hydrogen-bond acceptors (Lipinski definition) is 4. The molecular formula is C18H23FN2O4. The summed E-state index contributed by atoms with van der Waals surface area (Å²) in [5.41, 5.74) is 0. The van der Waals surface area contributed by atoms with Crippen molar-refractivity contribution in [2.24, 2.45) is 5.92 Å². The Morgan fingerprint density at radius 2 is 1.92 bits per heavy atom. The summed E-state index contributed by atoms with van der Waals surface area (Å²) in [6, 6.07) is 5.79. The standard InChI is InChI=1S/C18H23FN2O4/c19-13-3-5-16(6-4-13)25-11-17(22)20-14-7-15(8-14)21(10-18(23)24)9-12-1-2-12/h3-6,12,14-15H,1-2,7-11H2,(H,20,22)(H,23,24). The molecule has 2 aliphatic carbocycles. The molecule has 6 nitrogen and oxygen atoms in total. The van der Waals surface area contributed by atoms with Crippen LogP contribution >= 0.6 is 0 Å². The van der Waals surface area contributed by atoms with Crippen molar-refractivity contribution in [2.45, 2.75) is 37.8 Å². The van der Waals surface area contributed by atoms with E-state index in [4.69, 9.17) is 9.84 Å². The van der Waals surface area contributed by atoms with E-state index in [1.807, 2.05) is 4.90 Å². The van der Waals surface area contributed by atoms with Crippen LogP contribution < -0.4 is 10.1 Å². The van der Waals surface area contributed by atoms with Gasteiger partial charge in [-0.2, -0.15) is 0 Å². The monoisotopic (exact) mass is 350 g/mol. The number of hydrogen-bond donors (Lipinski definition) is 2. The van der Waals surface area contributed by atoms with Crippen LogP contribution in [0.5, 0.6) is 5.75 Å². The summed E-state index contributed by atoms with van der Waals surface area (Å²) in [6.07, 6.45) is 3.90. The Bertz CT molecular complexity index is 612. The maximum atomic E-state index is 12.8. The molecule has 1 aromatic carbocycles. The number of carboxylic acid groups (broad SMARTS) is 1. The maximum absolute atomic E-state index is 12.8. The molecule has 7 heteroatoms. The maximum Gasteiger partial charge on any atom is 0.317 e. The number of carbonyl (C=O) groups excluding carboxylic acids is 1. The smallest absolute Gasteiger partial charge is 0.317 e. The molecule has 0 aliphatic heterocycles. The van der Waals surface area contributed by atoms with Gasteiger partial charge in [0.2, 0.25) is 0 Å². The molecule has 0 unspecified atom stereocenters. The van der Waals surface area contributed by atoms with Gasteiger partial charge < -0.3 is 15.2 Å². The molecule has 136 valence electrons. The highest BCUT2D eigenvalue weighted by Gasteiger charge is 2.37. The minimum atomic E-state index is -0.805. The second-order valence-corrected chi connectivity index (χ2v) is 6.90. The second kappa shape index (κ2) is 7.82. The lowest BCUT2D eigenvalue weighted by Gasteiger charge is -2.42. The molecule has 0 atom stereocenters. The van der Waals surface area contributed by atoms with E-state index in [0.29, 0.717) is 11.7 Å². The molecule has 25 heavy (non-hydrogen) atoms. The van der Waals surface area contributed by atoms with Crippen LogP contribution in [0, 0.1) is 11.7 Å². The fourth-order valence-electron chi connectivity index (χ4n) is 3.10. The molecule has 0 saturated heterocycles. The number of nitrogens with zero attached hydrogens (tertiary/aromatic N) is 1. The van der Waals surface area contributed by atoms with Crippen LogP contribution in [0.3, 0.4) is 0 Å². The van der Waals surface area contributed by atoms with Gasteiger partial charge in [0.25, 0.3) is 5.91 Å². The first-order chi connectivity index (χ1) is 12.0. The van der Waals surface area contributed by atoms with Crippen molar-refractivity contribution in [1.82, 2.24) is 10.2 Å². The summed E-state index contributed by atoms with van der Waals surface area (Å²) in [7, 11) is 0. The molecule has 0 spiro atoms. The average Bonchev–Trinajstić information content (AvgIpc) is 3.33. The molecule has 1 amide bonds. The first-order valence-corrected chi connectivity index (χ1v) is 8.63. The normalized spacial score (nSPS) is 22.3. The molecule has 0 heterocycles. The predicted molar refractivity (Wildman–Crippen MR) is 88.8 cm³/mol. The number of ether oxygens (including phenoxy) is 1. The molecule has 1 aromatic rings. The first kappa shape index (κ1) is 17.7. The fourth-order valence-corrected chi connectivity index (χ4v) is 3.10. The second-order valence-electron chi connectivity index (χ2n) is 6.90. The Kier molecular flexibility index (Phi) is 5.53. The van der Waals surface area contributed by atoms with Crippen molar-refractivity contribution >= 4 is 11.9 Å². The molecule has 2 N–H and O–H groups in total. The van der Waals surface area contributed by atoms with E-state index in [0.717, 1.165) is 19.4 Å². The third kappa shape index (κ3) is 5.42. The van der Waals surface area contributed by atoms with Crippen molar-refractivity contribution in [1.29, 1.82) is 0 Å². The topological polar surface area (TPSA) is 78.9 Å². The Morgan fingerprint density at radius 1 is 1.24 bits per heavy atom. The van der Waals surface area contributed by atoms with Crippen molar-refractivity contribution in [3.63, 3.8) is 0 Å². The van der Waals surface area contributed by atoms with Crippen LogP contribution in [-0.2, 0) is 9.59 Å². The Morgan fingerprint density at radius 3 is 2.52 bits per heavy atom. The molecule has 2 aliphatic rings. The fraction of sp³-hybridized carbons (Fsp3) is 0.556. The number of benzene rings is 1. The molecule has 0 radical (unpaired) electrons. The third-order valence-electron chi connectivity index (χ3n) is 4.71. The Balaban J connectivity index is 1.37. The average molecular weight is 350 g/mol. The van der Waals surface area contributed by atoms with E-state index >= 15 is 0 Å². The highest BCUT2D eigenvalue weighted by Crippen LogP contribution is 2.33. The lowest BCUT2D eigenvalue weighted by Crippen LogP contribution is -2.55. The van der Waals surface area contributed by atoms with E-state index in [1.165, 1.54) is 37.1 Å². The predicted octanol–water partition coefficient (Wildman–Crippen LogP) is 1.65. The van der Waals surface area contributed by atoms with Gasteiger partial charge in [-0.05, 0) is 55.9 Å². The number of aliphatic carboxylic acids is 1. The van der Waals surface area contributed by atoms with Gasteiger partial charge in [-0.1, -0.05) is 0 Å². The van der Waals surface area contributed by atoms with Crippen LogP contribution in [0.1, 0.15) is 25.7 Å². The summed E-state index contributed by atoms with van der Waals surface area (Å²) in [6.45, 7) is 0.786. The van der Waals surface area contributed by atoms with Gasteiger partial charge in [-0.25, -0.2) is 4.39 Å². The van der Waals surface area contributed by atoms with Crippen molar-refractivity contribution < 1.29 is 23.8 Å². The van der Waals surface area contributed by atoms with Gasteiger partial charge in [0, 0.05) is 18.6 Å². The van der Waals surface area contributed by atoms with Gasteiger partial charge >= 0.3 is 5.97 Å². The number of nitrogens with one attached hydrogen (secondary N) is 1. The number of carboxylic acids is 1. The van der Waals surface area contributed by atoms with Crippen molar-refractivity contribution in [3.05, 3.63) is 30.1 Å². The molecule has 2 saturated carbocycles. The molecule has 0 bridgehead atoms. The summed E-state index contributed by atoms with van der Waals surface area (Å²) < 4.78 is 18.1. The highest BCUT2D eigenvalue weighted by atomic mass is 19.1. The Labute approximate surface area is 146 Å². The molecule has 3 rings (SSSR count). The summed E-state index contributed by atoms with van der Waals surface area (Å²) in [5, 5.41) is 11.9. The van der Waals surface area contributed by atoms with Gasteiger partial charge in [-0.15, -0.1) is 0 Å².